The van der Waals surface area contributed by atoms with Gasteiger partial charge in [0.05, 0.1) is 17.6 Å². The third-order valence-electron chi connectivity index (χ3n) is 3.65. The Morgan fingerprint density at radius 3 is 2.48 bits per heavy atom. The summed E-state index contributed by atoms with van der Waals surface area (Å²) < 4.78 is 1.93. The van der Waals surface area contributed by atoms with E-state index < -0.39 is 0 Å². The molecule has 0 fully saturated rings. The number of benzene rings is 2. The zero-order valence-electron chi connectivity index (χ0n) is 13.0. The van der Waals surface area contributed by atoms with Gasteiger partial charge in [-0.2, -0.15) is 5.10 Å². The number of hydrogen-bond acceptors (Lipinski definition) is 3. The van der Waals surface area contributed by atoms with E-state index >= 15 is 0 Å². The summed E-state index contributed by atoms with van der Waals surface area (Å²) in [5.74, 6) is 0. The number of nitrogens with zero attached hydrogens (tertiary/aromatic N) is 3. The van der Waals surface area contributed by atoms with Crippen LogP contribution in [-0.4, -0.2) is 15.8 Å². The predicted molar refractivity (Wildman–Crippen MR) is 95.7 cm³/mol. The van der Waals surface area contributed by atoms with Gasteiger partial charge in [-0.3, -0.25) is 9.99 Å². The predicted octanol–water partition coefficient (Wildman–Crippen LogP) is 4.59. The van der Waals surface area contributed by atoms with Crippen LogP contribution >= 0.6 is 11.6 Å². The molecule has 0 aliphatic carbocycles. The number of rotatable bonds is 4. The van der Waals surface area contributed by atoms with E-state index in [1.54, 1.807) is 12.5 Å². The van der Waals surface area contributed by atoms with E-state index in [1.165, 1.54) is 0 Å². The summed E-state index contributed by atoms with van der Waals surface area (Å²) in [5.41, 5.74) is 8.04. The van der Waals surface area contributed by atoms with Gasteiger partial charge in [-0.1, -0.05) is 48.0 Å². The van der Waals surface area contributed by atoms with Crippen molar-refractivity contribution in [1.82, 2.24) is 9.55 Å². The lowest BCUT2D eigenvalue weighted by molar-refractivity contribution is 1.03. The van der Waals surface area contributed by atoms with Crippen LogP contribution in [0.3, 0.4) is 0 Å². The fourth-order valence-electron chi connectivity index (χ4n) is 2.34. The Labute approximate surface area is 140 Å². The number of hydrazone groups is 1. The molecule has 0 radical (unpaired) electrons. The van der Waals surface area contributed by atoms with E-state index in [0.717, 1.165) is 28.2 Å². The van der Waals surface area contributed by atoms with Gasteiger partial charge in [-0.15, -0.1) is 0 Å². The molecular formula is C18H17ClN4. The van der Waals surface area contributed by atoms with E-state index in [2.05, 4.69) is 28.5 Å². The summed E-state index contributed by atoms with van der Waals surface area (Å²) in [4.78, 5) is 4.19. The molecule has 4 nitrogen and oxygen atoms in total. The summed E-state index contributed by atoms with van der Waals surface area (Å²) >= 11 is 6.21. The van der Waals surface area contributed by atoms with Gasteiger partial charge in [-0.05, 0) is 37.1 Å². The highest BCUT2D eigenvalue weighted by atomic mass is 35.5. The molecule has 0 aliphatic rings. The summed E-state index contributed by atoms with van der Waals surface area (Å²) in [6, 6.07) is 16.0. The molecule has 0 unspecified atom stereocenters. The standard InChI is InChI=1S/C18H17ClN4/c1-13-7-3-5-9-15(13)22-21-11-17-18(19)20-12-23(17)16-10-6-4-8-14(16)2/h3-12,22H,1-2H3/b21-11-. The third kappa shape index (κ3) is 3.27. The van der Waals surface area contributed by atoms with E-state index in [4.69, 9.17) is 11.6 Å². The fraction of sp³-hybridized carbons (Fsp3) is 0.111. The van der Waals surface area contributed by atoms with Gasteiger partial charge in [0.2, 0.25) is 0 Å². The van der Waals surface area contributed by atoms with Crippen LogP contribution < -0.4 is 5.43 Å². The van der Waals surface area contributed by atoms with Crippen LogP contribution in [0.5, 0.6) is 0 Å². The van der Waals surface area contributed by atoms with Gasteiger partial charge < -0.3 is 0 Å². The molecule has 23 heavy (non-hydrogen) atoms. The summed E-state index contributed by atoms with van der Waals surface area (Å²) in [6.45, 7) is 4.08. The molecule has 0 amide bonds. The van der Waals surface area contributed by atoms with E-state index in [0.29, 0.717) is 5.15 Å². The number of hydrogen-bond donors (Lipinski definition) is 1. The molecule has 1 aromatic heterocycles. The molecule has 0 saturated heterocycles. The molecule has 3 aromatic rings. The zero-order valence-corrected chi connectivity index (χ0v) is 13.7. The number of anilines is 1. The van der Waals surface area contributed by atoms with Crippen molar-refractivity contribution in [3.63, 3.8) is 0 Å². The second-order valence-electron chi connectivity index (χ2n) is 5.26. The highest BCUT2D eigenvalue weighted by Gasteiger charge is 2.10. The summed E-state index contributed by atoms with van der Waals surface area (Å²) in [7, 11) is 0. The SMILES string of the molecule is Cc1ccccc1N/N=C\c1c(Cl)ncn1-c1ccccc1C. The molecule has 0 atom stereocenters. The Bertz CT molecular complexity index is 852. The van der Waals surface area contributed by atoms with Gasteiger partial charge in [0.25, 0.3) is 0 Å². The minimum absolute atomic E-state index is 0.420. The highest BCUT2D eigenvalue weighted by molar-refractivity contribution is 6.31. The smallest absolute Gasteiger partial charge is 0.156 e. The average Bonchev–Trinajstić information content (AvgIpc) is 2.91. The molecule has 3 rings (SSSR count). The number of aromatic nitrogens is 2. The van der Waals surface area contributed by atoms with Crippen LogP contribution in [0.1, 0.15) is 16.8 Å². The molecule has 1 heterocycles. The lowest BCUT2D eigenvalue weighted by atomic mass is 10.2. The van der Waals surface area contributed by atoms with Crippen LogP contribution in [-0.2, 0) is 0 Å². The molecule has 0 aliphatic heterocycles. The lowest BCUT2D eigenvalue weighted by Crippen LogP contribution is -2.02. The van der Waals surface area contributed by atoms with Crippen molar-refractivity contribution >= 4 is 23.5 Å². The summed E-state index contributed by atoms with van der Waals surface area (Å²) in [5, 5.41) is 4.72. The topological polar surface area (TPSA) is 42.2 Å². The van der Waals surface area contributed by atoms with Gasteiger partial charge in [0, 0.05) is 0 Å². The van der Waals surface area contributed by atoms with Crippen LogP contribution in [0.4, 0.5) is 5.69 Å². The van der Waals surface area contributed by atoms with Crippen molar-refractivity contribution in [2.24, 2.45) is 5.10 Å². The minimum atomic E-state index is 0.420. The Morgan fingerprint density at radius 1 is 1.04 bits per heavy atom. The first-order valence-corrected chi connectivity index (χ1v) is 7.68. The normalized spacial score (nSPS) is 11.1. The Morgan fingerprint density at radius 2 is 1.74 bits per heavy atom. The number of aryl methyl sites for hydroxylation is 2. The minimum Gasteiger partial charge on any atom is -0.296 e. The number of para-hydroxylation sites is 2. The molecule has 1 N–H and O–H groups in total. The molecule has 0 bridgehead atoms. The first kappa shape index (κ1) is 15.3. The van der Waals surface area contributed by atoms with Crippen LogP contribution in [0.2, 0.25) is 5.15 Å². The Hall–Kier alpha value is -2.59. The Kier molecular flexibility index (Phi) is 4.44. The zero-order chi connectivity index (χ0) is 16.2. The second-order valence-corrected chi connectivity index (χ2v) is 5.62. The lowest BCUT2D eigenvalue weighted by Gasteiger charge is -2.09. The third-order valence-corrected chi connectivity index (χ3v) is 3.94. The molecule has 0 saturated carbocycles. The maximum atomic E-state index is 6.21. The van der Waals surface area contributed by atoms with Crippen molar-refractivity contribution in [1.29, 1.82) is 0 Å². The van der Waals surface area contributed by atoms with Crippen molar-refractivity contribution in [2.75, 3.05) is 5.43 Å². The molecular weight excluding hydrogens is 308 g/mol. The van der Waals surface area contributed by atoms with E-state index in [1.807, 2.05) is 54.0 Å². The van der Waals surface area contributed by atoms with E-state index in [-0.39, 0.29) is 0 Å². The van der Waals surface area contributed by atoms with Crippen LogP contribution in [0.15, 0.2) is 60.0 Å². The molecule has 0 spiro atoms. The average molecular weight is 325 g/mol. The number of nitrogens with one attached hydrogen (secondary N) is 1. The van der Waals surface area contributed by atoms with Crippen LogP contribution in [0, 0.1) is 13.8 Å². The van der Waals surface area contributed by atoms with Crippen molar-refractivity contribution < 1.29 is 0 Å². The molecule has 2 aromatic carbocycles. The monoisotopic (exact) mass is 324 g/mol. The van der Waals surface area contributed by atoms with Crippen molar-refractivity contribution in [3.05, 3.63) is 76.8 Å². The van der Waals surface area contributed by atoms with Crippen molar-refractivity contribution in [3.8, 4) is 5.69 Å². The molecule has 5 heteroatoms. The van der Waals surface area contributed by atoms with E-state index in [9.17, 15) is 0 Å². The van der Waals surface area contributed by atoms with Gasteiger partial charge >= 0.3 is 0 Å². The Balaban J connectivity index is 1.89. The van der Waals surface area contributed by atoms with Gasteiger partial charge in [0.1, 0.15) is 12.0 Å². The molecule has 116 valence electrons. The number of imidazole rings is 1. The van der Waals surface area contributed by atoms with Crippen LogP contribution in [0.25, 0.3) is 5.69 Å². The summed E-state index contributed by atoms with van der Waals surface area (Å²) in [6.07, 6.45) is 3.40. The quantitative estimate of drug-likeness (QED) is 0.563. The highest BCUT2D eigenvalue weighted by Crippen LogP contribution is 2.20. The first-order valence-electron chi connectivity index (χ1n) is 7.30. The fourth-order valence-corrected chi connectivity index (χ4v) is 2.52. The van der Waals surface area contributed by atoms with Gasteiger partial charge in [0.15, 0.2) is 5.15 Å². The second kappa shape index (κ2) is 6.67. The largest absolute Gasteiger partial charge is 0.296 e. The first-order chi connectivity index (χ1) is 11.2. The van der Waals surface area contributed by atoms with Gasteiger partial charge in [-0.25, -0.2) is 4.98 Å². The van der Waals surface area contributed by atoms with Crippen molar-refractivity contribution in [2.45, 2.75) is 13.8 Å². The maximum absolute atomic E-state index is 6.21. The maximum Gasteiger partial charge on any atom is 0.156 e. The number of halogens is 1.